The summed E-state index contributed by atoms with van der Waals surface area (Å²) in [6, 6.07) is 54.3. The van der Waals surface area contributed by atoms with Gasteiger partial charge in [-0.2, -0.15) is 30.8 Å². The first-order valence-corrected chi connectivity index (χ1v) is 47.2. The van der Waals surface area contributed by atoms with Crippen molar-refractivity contribution in [3.63, 3.8) is 0 Å². The number of carboxylic acids is 1. The van der Waals surface area contributed by atoms with E-state index in [0.717, 1.165) is 71.5 Å². The average molecular weight is 2250 g/mol. The summed E-state index contributed by atoms with van der Waals surface area (Å²) in [4.78, 5) is 80.4. The second-order valence-corrected chi connectivity index (χ2v) is 36.6. The van der Waals surface area contributed by atoms with Crippen LogP contribution in [0.4, 0.5) is 29.1 Å². The summed E-state index contributed by atoms with van der Waals surface area (Å²) < 4.78 is 20.6. The van der Waals surface area contributed by atoms with Gasteiger partial charge in [0.15, 0.2) is 34.0 Å². The number of nitrogens with zero attached hydrogens (tertiary/aromatic N) is 28. The molecular weight excluding hydrogens is 2160 g/mol. The number of hydrogen-bond acceptors (Lipinski definition) is 33. The Morgan fingerprint density at radius 3 is 1.07 bits per heavy atom. The topological polar surface area (TPSA) is 585 Å². The van der Waals surface area contributed by atoms with Crippen LogP contribution in [0.1, 0.15) is 62.5 Å². The number of hydrogen-bond donors (Lipinski definition) is 7. The number of pyridine rings is 6. The molecule has 0 unspecified atom stereocenters. The molecular formula is C101H86BBrCl6CuN34NaO5. The van der Waals surface area contributed by atoms with Crippen LogP contribution in [0.2, 0.25) is 30.3 Å². The molecule has 1 atom stereocenters. The molecule has 0 saturated carbocycles. The van der Waals surface area contributed by atoms with E-state index in [0.29, 0.717) is 138 Å². The van der Waals surface area contributed by atoms with Crippen molar-refractivity contribution in [2.75, 3.05) is 28.7 Å². The minimum atomic E-state index is -1.26. The van der Waals surface area contributed by atoms with Gasteiger partial charge >= 0.3 is 59.7 Å². The number of aryl methyl sites for hydroxylation is 5. The van der Waals surface area contributed by atoms with Gasteiger partial charge in [0.1, 0.15) is 79.2 Å². The summed E-state index contributed by atoms with van der Waals surface area (Å²) in [7, 11) is 8.80. The Morgan fingerprint density at radius 1 is 0.413 bits per heavy atom. The fraction of sp³-hybridized carbons (Fsp3) is 0.129. The van der Waals surface area contributed by atoms with Gasteiger partial charge in [0.25, 0.3) is 0 Å². The van der Waals surface area contributed by atoms with Crippen molar-refractivity contribution in [1.29, 1.82) is 10.5 Å². The molecule has 16 aromatic heterocycles. The SMILES string of the molecule is C[C@H](N)c1ccccn1.Cn1ccc(-c2nc(N)c(Br)nc2-c2cc(Cl)c3ncccc3c2)n1.Cn1ccc(-c2nc(N)c(C#N)nc2-c2cc(Cl)c3ncccc3c2)n1.Cn1ccc(-c2nc(N)c(C(=O)O)nc2-c2cc(Cl)c3ncccc3c2)n1.Cn1ccc(-c2nc(N)cnc2-c2cc(Cl)c3ncccc3c2)n1.Cn1ccc(B2OC(C)(C)C(C)(C)O2)n1.Nc1cnc(-c2cc(Cl)c3ncccc3c2)c(Cl)n1.[C-]#N.[Cu+].[Na+].[OH-]. The maximum atomic E-state index is 11.5. The molecule has 0 spiro atoms. The maximum absolute atomic E-state index is 11.5. The second-order valence-electron chi connectivity index (χ2n) is 33.5. The van der Waals surface area contributed by atoms with Crippen LogP contribution in [0, 0.1) is 23.2 Å². The van der Waals surface area contributed by atoms with Crippen LogP contribution in [-0.2, 0) is 61.6 Å². The molecule has 0 amide bonds. The number of benzene rings is 5. The molecule has 754 valence electrons. The van der Waals surface area contributed by atoms with Gasteiger partial charge in [0, 0.05) is 164 Å². The molecule has 1 fully saturated rings. The Bertz CT molecular complexity index is 8560. The van der Waals surface area contributed by atoms with E-state index in [1.54, 1.807) is 110 Å². The third-order valence-electron chi connectivity index (χ3n) is 22.4. The molecule has 17 heterocycles. The molecule has 1 aliphatic heterocycles. The molecule has 0 aliphatic carbocycles. The van der Waals surface area contributed by atoms with Gasteiger partial charge < -0.3 is 66.1 Å². The minimum Gasteiger partial charge on any atom is -0.870 e. The van der Waals surface area contributed by atoms with E-state index in [9.17, 15) is 15.2 Å². The predicted octanol–water partition coefficient (Wildman–Crippen LogP) is 16.0. The predicted molar refractivity (Wildman–Crippen MR) is 577 cm³/mol. The average Bonchev–Trinajstić information content (AvgIpc) is 1.67. The first-order valence-electron chi connectivity index (χ1n) is 44.1. The molecule has 14 N–H and O–H groups in total. The van der Waals surface area contributed by atoms with Crippen molar-refractivity contribution in [2.24, 2.45) is 41.0 Å². The summed E-state index contributed by atoms with van der Waals surface area (Å²) in [6.07, 6.45) is 22.3. The summed E-state index contributed by atoms with van der Waals surface area (Å²) in [5.41, 5.74) is 50.0. The summed E-state index contributed by atoms with van der Waals surface area (Å²) in [5, 5.41) is 54.0. The molecule has 1 aliphatic rings. The number of anilines is 5. The van der Waals surface area contributed by atoms with E-state index in [4.69, 9.17) is 125 Å². The zero-order valence-electron chi connectivity index (χ0n) is 81.4. The van der Waals surface area contributed by atoms with E-state index < -0.39 is 5.97 Å². The maximum Gasteiger partial charge on any atom is 1.00 e. The Hall–Kier alpha value is -15.2. The first-order chi connectivity index (χ1) is 70.4. The molecule has 21 aromatic rings. The van der Waals surface area contributed by atoms with Crippen LogP contribution >= 0.6 is 85.5 Å². The molecule has 5 aromatic carbocycles. The number of carbonyl (C=O) groups is 1. The quantitative estimate of drug-likeness (QED) is 0.0441. The minimum absolute atomic E-state index is 0. The number of nitriles is 1. The normalized spacial score (nSPS) is 12.0. The Kier molecular flexibility index (Phi) is 37.7. The second kappa shape index (κ2) is 49.8. The fourth-order valence-electron chi connectivity index (χ4n) is 14.8. The van der Waals surface area contributed by atoms with Gasteiger partial charge in [-0.3, -0.25) is 58.3 Å². The Balaban J connectivity index is 0.000000157. The largest absolute Gasteiger partial charge is 1.00 e. The Morgan fingerprint density at radius 2 is 0.740 bits per heavy atom. The number of aromatic carboxylic acids is 1. The molecule has 150 heavy (non-hydrogen) atoms. The number of fused-ring (bicyclic) bond motifs is 5. The van der Waals surface area contributed by atoms with E-state index >= 15 is 0 Å². The van der Waals surface area contributed by atoms with E-state index in [-0.39, 0.29) is 110 Å². The molecule has 0 bridgehead atoms. The summed E-state index contributed by atoms with van der Waals surface area (Å²) in [5.74, 6) is -0.457. The molecule has 22 rings (SSSR count). The van der Waals surface area contributed by atoms with Gasteiger partial charge in [0.2, 0.25) is 0 Å². The van der Waals surface area contributed by atoms with E-state index in [2.05, 4.69) is 121 Å². The van der Waals surface area contributed by atoms with Crippen molar-refractivity contribution >= 4 is 188 Å². The van der Waals surface area contributed by atoms with Gasteiger partial charge in [-0.05, 0) is 184 Å². The van der Waals surface area contributed by atoms with Crippen molar-refractivity contribution < 1.29 is 71.3 Å². The number of nitrogen functional groups attached to an aromatic ring is 5. The summed E-state index contributed by atoms with van der Waals surface area (Å²) in [6.45, 7) is 14.8. The number of aromatic nitrogens is 26. The van der Waals surface area contributed by atoms with Crippen LogP contribution in [0.5, 0.6) is 0 Å². The van der Waals surface area contributed by atoms with Crippen molar-refractivity contribution in [2.45, 2.75) is 51.9 Å². The van der Waals surface area contributed by atoms with Crippen LogP contribution in [0.3, 0.4) is 0 Å². The summed E-state index contributed by atoms with van der Waals surface area (Å²) >= 11 is 41.2. The monoisotopic (exact) mass is 2240 g/mol. The number of rotatable bonds is 12. The van der Waals surface area contributed by atoms with Crippen molar-refractivity contribution in [3.8, 4) is 108 Å². The van der Waals surface area contributed by atoms with Crippen molar-refractivity contribution in [1.82, 2.24) is 129 Å². The van der Waals surface area contributed by atoms with Gasteiger partial charge in [-0.25, -0.2) is 49.7 Å². The Labute approximate surface area is 928 Å². The zero-order chi connectivity index (χ0) is 105. The van der Waals surface area contributed by atoms with Crippen LogP contribution < -0.4 is 69.6 Å². The van der Waals surface area contributed by atoms with Gasteiger partial charge in [0.05, 0.1) is 105 Å². The third kappa shape index (κ3) is 26.4. The molecule has 0 radical (unpaired) electrons. The molecule has 49 heteroatoms. The zero-order valence-corrected chi connectivity index (χ0v) is 90.4. The van der Waals surface area contributed by atoms with Crippen LogP contribution in [0.15, 0.2) is 255 Å². The first kappa shape index (κ1) is 114. The smallest absolute Gasteiger partial charge is 0.870 e. The van der Waals surface area contributed by atoms with Gasteiger partial charge in [-0.1, -0.05) is 106 Å². The van der Waals surface area contributed by atoms with Crippen LogP contribution in [-0.4, -0.2) is 164 Å². The standard InChI is InChI=1S/C18H12ClN7.C18H13ClN6O2.C17H12BrClN6.C17H13ClN6.C13H8Cl2N4.C10H17BN2O2.C7H10N2.CN.Cu.Na.H2O/c1-26-6-4-13(25-26)17-16(23-14(9-20)18(21)24-17)11-7-10-3-2-5-22-15(10)12(19)8-11;1-25-6-4-12(24-25)15-14(22-16(18(26)27)17(20)23-15)10-7-9-3-2-5-21-13(9)11(19)8-10;1-25-6-4-12(24-25)15-14(22-16(18)17(20)23-15)10-7-9-3-2-5-21-13(9)11(19)8-10;1-24-6-4-13(23-24)17-16(21-9-14(19)22-17)11-7-10-3-2-5-20-15(10)12(18)8-11;14-9-5-8(4-7-2-1-3-17-11(7)9)12-13(15)19-10(16)6-18-12;1-9(2)10(3,4)15-11(14-9)8-6-7-13(5)12-8;1-6(8)7-4-2-3-5-9-7;1-2;;;/h2-8H,1H3,(H2,21,24);2-8H,1H3,(H2,20,23)(H,26,27);2-8H,1H3,(H2,20,23);2-9H,1H3,(H2,19,22);1-6H,(H2,16,19);6-7H,1-5H3;2-6H,8H2,1H3;;;;1H2/q;;;;;;;-1;2*+1;/p-1/t;;;;;;6-;;;;/m......0..../s1. The number of nitrogens with two attached hydrogens (primary N) is 6. The number of carboxylic acid groups (broad SMARTS) is 1. The van der Waals surface area contributed by atoms with E-state index in [1.165, 1.54) is 12.4 Å². The number of halogens is 7. The molecule has 1 saturated heterocycles. The van der Waals surface area contributed by atoms with Crippen molar-refractivity contribution in [3.05, 3.63) is 309 Å². The van der Waals surface area contributed by atoms with Gasteiger partial charge in [-0.15, -0.1) is 0 Å². The molecule has 39 nitrogen and oxygen atoms in total. The fourth-order valence-corrected chi connectivity index (χ4v) is 16.7. The van der Waals surface area contributed by atoms with E-state index in [1.807, 2.05) is 227 Å². The van der Waals surface area contributed by atoms with Crippen LogP contribution in [0.25, 0.3) is 156 Å². The third-order valence-corrected chi connectivity index (χ3v) is 24.7.